The van der Waals surface area contributed by atoms with Crippen LogP contribution < -0.4 is 10.1 Å². The number of urea groups is 1. The lowest BCUT2D eigenvalue weighted by molar-refractivity contribution is -0.132. The number of ether oxygens (including phenoxy) is 1. The number of rotatable bonds is 7. The first kappa shape index (κ1) is 21.1. The Balaban J connectivity index is 1.69. The molecule has 1 aliphatic heterocycles. The molecule has 0 spiro atoms. The molecule has 0 saturated carbocycles. The van der Waals surface area contributed by atoms with Crippen LogP contribution in [0.3, 0.4) is 0 Å². The van der Waals surface area contributed by atoms with Crippen molar-refractivity contribution in [3.8, 4) is 5.75 Å². The average molecular weight is 417 g/mol. The van der Waals surface area contributed by atoms with Gasteiger partial charge in [0.2, 0.25) is 0 Å². The van der Waals surface area contributed by atoms with Crippen LogP contribution in [-0.2, 0) is 10.3 Å². The van der Waals surface area contributed by atoms with Crippen molar-refractivity contribution in [1.82, 2.24) is 10.2 Å². The van der Waals surface area contributed by atoms with E-state index in [1.54, 1.807) is 24.3 Å². The maximum absolute atomic E-state index is 13.1. The number of hydrogen-bond acceptors (Lipinski definition) is 4. The van der Waals surface area contributed by atoms with Crippen LogP contribution in [0.5, 0.6) is 5.75 Å². The van der Waals surface area contributed by atoms with Gasteiger partial charge in [-0.25, -0.2) is 4.79 Å². The van der Waals surface area contributed by atoms with Crippen LogP contribution >= 0.6 is 11.6 Å². The van der Waals surface area contributed by atoms with E-state index in [0.29, 0.717) is 22.8 Å². The minimum Gasteiger partial charge on any atom is -0.491 e. The molecule has 2 atom stereocenters. The molecule has 154 valence electrons. The first-order valence-electron chi connectivity index (χ1n) is 9.54. The summed E-state index contributed by atoms with van der Waals surface area (Å²) in [5.41, 5.74) is 1.61. The number of aryl methyl sites for hydroxylation is 2. The number of benzene rings is 2. The highest BCUT2D eigenvalue weighted by atomic mass is 35.5. The van der Waals surface area contributed by atoms with Gasteiger partial charge in [0, 0.05) is 5.02 Å². The molecule has 2 N–H and O–H groups in total. The molecule has 1 fully saturated rings. The number of carbonyl (C=O) groups excluding carboxylic acids is 2. The van der Waals surface area contributed by atoms with Gasteiger partial charge in [0.25, 0.3) is 5.91 Å². The molecule has 3 amide bonds. The molecule has 1 aliphatic rings. The first-order chi connectivity index (χ1) is 13.7. The molecule has 3 rings (SSSR count). The molecule has 1 heterocycles. The smallest absolute Gasteiger partial charge is 0.325 e. The zero-order valence-corrected chi connectivity index (χ0v) is 17.5. The van der Waals surface area contributed by atoms with Crippen molar-refractivity contribution in [2.75, 3.05) is 13.2 Å². The molecule has 0 aromatic heterocycles. The van der Waals surface area contributed by atoms with E-state index in [2.05, 4.69) is 5.32 Å². The van der Waals surface area contributed by atoms with E-state index in [-0.39, 0.29) is 13.2 Å². The molecule has 2 aromatic rings. The maximum atomic E-state index is 13.1. The summed E-state index contributed by atoms with van der Waals surface area (Å²) < 4.78 is 5.65. The largest absolute Gasteiger partial charge is 0.491 e. The number of nitrogens with zero attached hydrogens (tertiary/aromatic N) is 1. The number of carbonyl (C=O) groups is 2. The highest BCUT2D eigenvalue weighted by Gasteiger charge is 2.51. The predicted octanol–water partition coefficient (Wildman–Crippen LogP) is 3.55. The zero-order chi connectivity index (χ0) is 21.2. The number of amides is 3. The molecular formula is C22H25ClN2O4. The number of nitrogens with one attached hydrogen (secondary N) is 1. The second kappa shape index (κ2) is 8.43. The van der Waals surface area contributed by atoms with E-state index in [1.165, 1.54) is 0 Å². The lowest BCUT2D eigenvalue weighted by Crippen LogP contribution is -2.44. The topological polar surface area (TPSA) is 78.9 Å². The normalized spacial score (nSPS) is 20.0. The van der Waals surface area contributed by atoms with Crippen molar-refractivity contribution in [1.29, 1.82) is 0 Å². The minimum atomic E-state index is -1.16. The molecule has 0 bridgehead atoms. The predicted molar refractivity (Wildman–Crippen MR) is 111 cm³/mol. The van der Waals surface area contributed by atoms with Crippen LogP contribution in [0.1, 0.15) is 30.0 Å². The molecular weight excluding hydrogens is 392 g/mol. The molecule has 0 aliphatic carbocycles. The van der Waals surface area contributed by atoms with Crippen LogP contribution in [0.25, 0.3) is 0 Å². The summed E-state index contributed by atoms with van der Waals surface area (Å²) in [7, 11) is 0. The SMILES string of the molecule is CCC1(c2ccc(Cl)cc2)NC(=O)N(CC(O)COc2cc(C)cc(C)c2)C1=O. The number of halogens is 1. The van der Waals surface area contributed by atoms with Crippen molar-refractivity contribution in [3.05, 3.63) is 64.2 Å². The van der Waals surface area contributed by atoms with Gasteiger partial charge < -0.3 is 15.2 Å². The molecule has 1 saturated heterocycles. The van der Waals surface area contributed by atoms with Gasteiger partial charge >= 0.3 is 6.03 Å². The molecule has 29 heavy (non-hydrogen) atoms. The summed E-state index contributed by atoms with van der Waals surface area (Å²) in [5, 5.41) is 13.7. The lowest BCUT2D eigenvalue weighted by Gasteiger charge is -2.26. The van der Waals surface area contributed by atoms with Gasteiger partial charge in [-0.05, 0) is 61.2 Å². The fourth-order valence-corrected chi connectivity index (χ4v) is 3.76. The summed E-state index contributed by atoms with van der Waals surface area (Å²) in [6, 6.07) is 12.1. The van der Waals surface area contributed by atoms with E-state index in [9.17, 15) is 14.7 Å². The van der Waals surface area contributed by atoms with E-state index in [1.807, 2.05) is 39.0 Å². The third-order valence-corrected chi connectivity index (χ3v) is 5.33. The molecule has 6 nitrogen and oxygen atoms in total. The van der Waals surface area contributed by atoms with Crippen LogP contribution in [-0.4, -0.2) is 41.2 Å². The van der Waals surface area contributed by atoms with Crippen LogP contribution in [0, 0.1) is 13.8 Å². The second-order valence-corrected chi connectivity index (χ2v) is 7.84. The Labute approximate surface area is 175 Å². The van der Waals surface area contributed by atoms with Crippen LogP contribution in [0.4, 0.5) is 4.79 Å². The van der Waals surface area contributed by atoms with Crippen molar-refractivity contribution >= 4 is 23.5 Å². The van der Waals surface area contributed by atoms with E-state index in [0.717, 1.165) is 16.0 Å². The standard InChI is InChI=1S/C22H25ClN2O4/c1-4-22(16-5-7-17(23)8-6-16)20(27)25(21(28)24-22)12-18(26)13-29-19-10-14(2)9-15(3)11-19/h5-11,18,26H,4,12-13H2,1-3H3,(H,24,28). The third kappa shape index (κ3) is 4.38. The number of aliphatic hydroxyl groups is 1. The van der Waals surface area contributed by atoms with Gasteiger partial charge in [0.15, 0.2) is 0 Å². The van der Waals surface area contributed by atoms with E-state index >= 15 is 0 Å². The minimum absolute atomic E-state index is 0.0278. The fourth-order valence-electron chi connectivity index (χ4n) is 3.64. The highest BCUT2D eigenvalue weighted by molar-refractivity contribution is 6.30. The van der Waals surface area contributed by atoms with Crippen molar-refractivity contribution in [3.63, 3.8) is 0 Å². The fraction of sp³-hybridized carbons (Fsp3) is 0.364. The average Bonchev–Trinajstić information content (AvgIpc) is 2.91. The lowest BCUT2D eigenvalue weighted by atomic mass is 9.87. The van der Waals surface area contributed by atoms with Gasteiger partial charge in [-0.1, -0.05) is 36.7 Å². The van der Waals surface area contributed by atoms with Crippen molar-refractivity contribution < 1.29 is 19.4 Å². The number of β-amino-alcohol motifs (C(OH)–C–C–N with tert-alkyl or cyclic N) is 1. The summed E-state index contributed by atoms with van der Waals surface area (Å²) in [6.45, 7) is 5.58. The van der Waals surface area contributed by atoms with Gasteiger partial charge in [0.1, 0.15) is 24.0 Å². The van der Waals surface area contributed by atoms with E-state index < -0.39 is 23.6 Å². The molecule has 2 aromatic carbocycles. The Kier molecular flexibility index (Phi) is 6.15. The van der Waals surface area contributed by atoms with Gasteiger partial charge in [-0.15, -0.1) is 0 Å². The molecule has 7 heteroatoms. The second-order valence-electron chi connectivity index (χ2n) is 7.40. The summed E-state index contributed by atoms with van der Waals surface area (Å²) in [4.78, 5) is 26.7. The Morgan fingerprint density at radius 1 is 1.14 bits per heavy atom. The van der Waals surface area contributed by atoms with Gasteiger partial charge in [-0.2, -0.15) is 0 Å². The van der Waals surface area contributed by atoms with Crippen molar-refractivity contribution in [2.24, 2.45) is 0 Å². The Hall–Kier alpha value is -2.57. The summed E-state index contributed by atoms with van der Waals surface area (Å²) in [6.07, 6.45) is -0.631. The van der Waals surface area contributed by atoms with Crippen molar-refractivity contribution in [2.45, 2.75) is 38.8 Å². The summed E-state index contributed by atoms with van der Waals surface area (Å²) >= 11 is 5.94. The zero-order valence-electron chi connectivity index (χ0n) is 16.7. The molecule has 2 unspecified atom stereocenters. The van der Waals surface area contributed by atoms with Crippen LogP contribution in [0.15, 0.2) is 42.5 Å². The Bertz CT molecular complexity index is 895. The number of hydrogen-bond donors (Lipinski definition) is 2. The summed E-state index contributed by atoms with van der Waals surface area (Å²) in [5.74, 6) is 0.251. The quantitative estimate of drug-likeness (QED) is 0.676. The maximum Gasteiger partial charge on any atom is 0.325 e. The van der Waals surface area contributed by atoms with Crippen LogP contribution in [0.2, 0.25) is 5.02 Å². The highest BCUT2D eigenvalue weighted by Crippen LogP contribution is 2.33. The monoisotopic (exact) mass is 416 g/mol. The third-order valence-electron chi connectivity index (χ3n) is 5.07. The van der Waals surface area contributed by atoms with E-state index in [4.69, 9.17) is 16.3 Å². The van der Waals surface area contributed by atoms with Gasteiger partial charge in [0.05, 0.1) is 6.54 Å². The first-order valence-corrected chi connectivity index (χ1v) is 9.92. The molecule has 0 radical (unpaired) electrons. The number of imide groups is 1. The van der Waals surface area contributed by atoms with Gasteiger partial charge in [-0.3, -0.25) is 9.69 Å². The Morgan fingerprint density at radius 3 is 2.34 bits per heavy atom. The number of aliphatic hydroxyl groups excluding tert-OH is 1. The Morgan fingerprint density at radius 2 is 1.76 bits per heavy atom.